The van der Waals surface area contributed by atoms with Crippen LogP contribution in [0, 0.1) is 0 Å². The third-order valence-corrected chi connectivity index (χ3v) is 2.64. The Kier molecular flexibility index (Phi) is 6.89. The number of hydrogen-bond donors (Lipinski definition) is 0. The van der Waals surface area contributed by atoms with Crippen LogP contribution >= 0.6 is 0 Å². The van der Waals surface area contributed by atoms with Crippen molar-refractivity contribution in [3.8, 4) is 5.75 Å². The number of methoxy groups -OCH3 is 1. The Morgan fingerprint density at radius 2 is 1.91 bits per heavy atom. The first-order chi connectivity index (χ1) is 10.4. The summed E-state index contributed by atoms with van der Waals surface area (Å²) < 4.78 is 15.0. The van der Waals surface area contributed by atoms with Crippen LogP contribution in [-0.4, -0.2) is 31.8 Å². The fourth-order valence-electron chi connectivity index (χ4n) is 1.47. The monoisotopic (exact) mass is 304 g/mol. The molecule has 0 saturated heterocycles. The van der Waals surface area contributed by atoms with E-state index < -0.39 is 18.0 Å². The Bertz CT molecular complexity index is 557. The summed E-state index contributed by atoms with van der Waals surface area (Å²) in [6.07, 6.45) is 2.42. The van der Waals surface area contributed by atoms with Gasteiger partial charge in [0.1, 0.15) is 18.5 Å². The normalized spacial score (nSPS) is 11.8. The summed E-state index contributed by atoms with van der Waals surface area (Å²) >= 11 is 0. The average molecular weight is 304 g/mol. The fraction of sp³-hybridized carbons (Fsp3) is 0.294. The molecular formula is C17H20O5. The molecule has 1 rings (SSSR count). The molecule has 1 aromatic rings. The maximum atomic E-state index is 11.6. The molecule has 0 aliphatic rings. The Morgan fingerprint density at radius 3 is 2.45 bits per heavy atom. The van der Waals surface area contributed by atoms with Crippen LogP contribution in [0.2, 0.25) is 0 Å². The van der Waals surface area contributed by atoms with Gasteiger partial charge in [-0.05, 0) is 37.6 Å². The third-order valence-electron chi connectivity index (χ3n) is 2.64. The highest BCUT2D eigenvalue weighted by molar-refractivity contribution is 5.87. The second-order valence-corrected chi connectivity index (χ2v) is 4.73. The maximum absolute atomic E-state index is 11.6. The lowest BCUT2D eigenvalue weighted by atomic mass is 10.2. The molecular weight excluding hydrogens is 284 g/mol. The van der Waals surface area contributed by atoms with Gasteiger partial charge in [-0.25, -0.2) is 9.59 Å². The molecule has 0 N–H and O–H groups in total. The number of carbonyl (C=O) groups excluding carboxylic acids is 2. The molecule has 1 aromatic carbocycles. The Hall–Kier alpha value is -2.56. The Labute approximate surface area is 130 Å². The van der Waals surface area contributed by atoms with Crippen LogP contribution in [0.3, 0.4) is 0 Å². The second kappa shape index (κ2) is 8.67. The molecule has 0 bridgehead atoms. The molecule has 1 atom stereocenters. The summed E-state index contributed by atoms with van der Waals surface area (Å²) in [5.41, 5.74) is 1.15. The summed E-state index contributed by atoms with van der Waals surface area (Å²) in [7, 11) is 1.59. The van der Waals surface area contributed by atoms with E-state index >= 15 is 0 Å². The molecule has 0 radical (unpaired) electrons. The van der Waals surface area contributed by atoms with Gasteiger partial charge in [-0.2, -0.15) is 0 Å². The van der Waals surface area contributed by atoms with Crippen molar-refractivity contribution in [2.45, 2.75) is 20.0 Å². The van der Waals surface area contributed by atoms with Gasteiger partial charge in [-0.1, -0.05) is 18.7 Å². The molecule has 0 aliphatic heterocycles. The van der Waals surface area contributed by atoms with Gasteiger partial charge in [-0.3, -0.25) is 0 Å². The predicted octanol–water partition coefficient (Wildman–Crippen LogP) is 2.76. The first-order valence-corrected chi connectivity index (χ1v) is 6.77. The van der Waals surface area contributed by atoms with E-state index in [2.05, 4.69) is 6.58 Å². The molecule has 0 amide bonds. The van der Waals surface area contributed by atoms with E-state index in [1.165, 1.54) is 6.08 Å². The highest BCUT2D eigenvalue weighted by Crippen LogP contribution is 2.12. The van der Waals surface area contributed by atoms with E-state index in [0.29, 0.717) is 5.57 Å². The number of hydrogen-bond acceptors (Lipinski definition) is 5. The number of ether oxygens (including phenoxy) is 3. The van der Waals surface area contributed by atoms with Crippen LogP contribution in [0.5, 0.6) is 5.75 Å². The van der Waals surface area contributed by atoms with Gasteiger partial charge >= 0.3 is 11.9 Å². The topological polar surface area (TPSA) is 61.8 Å². The number of esters is 2. The van der Waals surface area contributed by atoms with Crippen LogP contribution < -0.4 is 4.74 Å². The second-order valence-electron chi connectivity index (χ2n) is 4.73. The molecule has 0 aliphatic carbocycles. The van der Waals surface area contributed by atoms with E-state index in [1.807, 2.05) is 12.1 Å². The van der Waals surface area contributed by atoms with Crippen molar-refractivity contribution in [2.24, 2.45) is 0 Å². The molecule has 0 fully saturated rings. The van der Waals surface area contributed by atoms with Gasteiger partial charge in [0.15, 0.2) is 0 Å². The van der Waals surface area contributed by atoms with Crippen molar-refractivity contribution in [3.63, 3.8) is 0 Å². The van der Waals surface area contributed by atoms with E-state index in [1.54, 1.807) is 39.2 Å². The van der Waals surface area contributed by atoms with Crippen molar-refractivity contribution in [1.29, 1.82) is 0 Å². The molecule has 22 heavy (non-hydrogen) atoms. The largest absolute Gasteiger partial charge is 0.497 e. The summed E-state index contributed by atoms with van der Waals surface area (Å²) in [6, 6.07) is 7.23. The minimum atomic E-state index is -0.531. The first kappa shape index (κ1) is 17.5. The van der Waals surface area contributed by atoms with Crippen molar-refractivity contribution >= 4 is 18.0 Å². The van der Waals surface area contributed by atoms with Crippen LogP contribution in [0.4, 0.5) is 0 Å². The molecule has 5 heteroatoms. The zero-order chi connectivity index (χ0) is 16.5. The molecule has 5 nitrogen and oxygen atoms in total. The predicted molar refractivity (Wildman–Crippen MR) is 83.4 cm³/mol. The minimum Gasteiger partial charge on any atom is -0.497 e. The molecule has 0 heterocycles. The average Bonchev–Trinajstić information content (AvgIpc) is 2.50. The summed E-state index contributed by atoms with van der Waals surface area (Å²) in [6.45, 7) is 6.66. The quantitative estimate of drug-likeness (QED) is 0.572. The number of carbonyl (C=O) groups is 2. The van der Waals surface area contributed by atoms with Crippen molar-refractivity contribution in [3.05, 3.63) is 48.1 Å². The smallest absolute Gasteiger partial charge is 0.333 e. The zero-order valence-corrected chi connectivity index (χ0v) is 13.0. The fourth-order valence-corrected chi connectivity index (χ4v) is 1.47. The highest BCUT2D eigenvalue weighted by Gasteiger charge is 2.10. The molecule has 1 unspecified atom stereocenters. The van der Waals surface area contributed by atoms with Crippen LogP contribution in [0.15, 0.2) is 42.5 Å². The zero-order valence-electron chi connectivity index (χ0n) is 13.0. The van der Waals surface area contributed by atoms with Crippen LogP contribution in [0.1, 0.15) is 19.4 Å². The van der Waals surface area contributed by atoms with E-state index in [4.69, 9.17) is 14.2 Å². The van der Waals surface area contributed by atoms with E-state index in [9.17, 15) is 9.59 Å². The highest BCUT2D eigenvalue weighted by atomic mass is 16.6. The van der Waals surface area contributed by atoms with Gasteiger partial charge in [0.05, 0.1) is 7.11 Å². The standard InChI is InChI=1S/C17H20O5/c1-12(2)17(19)21-11-13(3)22-16(18)10-7-14-5-8-15(20-4)9-6-14/h5-10,13H,1,11H2,2-4H3/b10-7+. The third kappa shape index (κ3) is 6.26. The Balaban J connectivity index is 2.42. The lowest BCUT2D eigenvalue weighted by molar-refractivity contribution is -0.152. The van der Waals surface area contributed by atoms with Crippen molar-refractivity contribution in [1.82, 2.24) is 0 Å². The SMILES string of the molecule is C=C(C)C(=O)OCC(C)OC(=O)/C=C/c1ccc(OC)cc1. The summed E-state index contributed by atoms with van der Waals surface area (Å²) in [4.78, 5) is 22.8. The van der Waals surface area contributed by atoms with E-state index in [-0.39, 0.29) is 6.61 Å². The van der Waals surface area contributed by atoms with Crippen molar-refractivity contribution in [2.75, 3.05) is 13.7 Å². The summed E-state index contributed by atoms with van der Waals surface area (Å²) in [5.74, 6) is -0.265. The minimum absolute atomic E-state index is 0.00614. The maximum Gasteiger partial charge on any atom is 0.333 e. The summed E-state index contributed by atoms with van der Waals surface area (Å²) in [5, 5.41) is 0. The number of benzene rings is 1. The van der Waals surface area contributed by atoms with Crippen LogP contribution in [-0.2, 0) is 19.1 Å². The van der Waals surface area contributed by atoms with Gasteiger partial charge in [0.2, 0.25) is 0 Å². The molecule has 0 saturated carbocycles. The first-order valence-electron chi connectivity index (χ1n) is 6.77. The molecule has 0 aromatic heterocycles. The van der Waals surface area contributed by atoms with Gasteiger partial charge in [0, 0.05) is 11.6 Å². The lowest BCUT2D eigenvalue weighted by Crippen LogP contribution is -2.21. The van der Waals surface area contributed by atoms with E-state index in [0.717, 1.165) is 11.3 Å². The number of rotatable bonds is 7. The molecule has 118 valence electrons. The van der Waals surface area contributed by atoms with Crippen LogP contribution in [0.25, 0.3) is 6.08 Å². The van der Waals surface area contributed by atoms with Gasteiger partial charge in [0.25, 0.3) is 0 Å². The Morgan fingerprint density at radius 1 is 1.27 bits per heavy atom. The van der Waals surface area contributed by atoms with Gasteiger partial charge < -0.3 is 14.2 Å². The van der Waals surface area contributed by atoms with Gasteiger partial charge in [-0.15, -0.1) is 0 Å². The van der Waals surface area contributed by atoms with Crippen molar-refractivity contribution < 1.29 is 23.8 Å². The lowest BCUT2D eigenvalue weighted by Gasteiger charge is -2.12. The molecule has 0 spiro atoms.